The van der Waals surface area contributed by atoms with Gasteiger partial charge in [-0.15, -0.1) is 11.8 Å². The van der Waals surface area contributed by atoms with Crippen molar-refractivity contribution < 1.29 is 13.6 Å². The molecule has 7 heteroatoms. The fraction of sp³-hybridized carbons (Fsp3) is 0.333. The number of alkyl halides is 2. The Bertz CT molecular complexity index is 924. The van der Waals surface area contributed by atoms with Crippen LogP contribution in [0.5, 0.6) is 0 Å². The Kier molecular flexibility index (Phi) is 5.23. The van der Waals surface area contributed by atoms with Gasteiger partial charge in [0.15, 0.2) is 5.96 Å². The third-order valence-corrected chi connectivity index (χ3v) is 5.96. The number of nitrogens with two attached hydrogens (primary N) is 1. The normalized spacial score (nSPS) is 22.9. The van der Waals surface area contributed by atoms with E-state index in [4.69, 9.17) is 5.73 Å². The minimum absolute atomic E-state index is 0.0954. The van der Waals surface area contributed by atoms with Crippen LogP contribution in [0.1, 0.15) is 36.5 Å². The van der Waals surface area contributed by atoms with Gasteiger partial charge in [0.25, 0.3) is 5.92 Å². The first kappa shape index (κ1) is 20.3. The third kappa shape index (κ3) is 3.51. The summed E-state index contributed by atoms with van der Waals surface area (Å²) in [6.07, 6.45) is 1.97. The summed E-state index contributed by atoms with van der Waals surface area (Å²) in [5.74, 6) is -3.71. The number of hydrogen-bond donors (Lipinski definition) is 1. The molecule has 1 amide bonds. The van der Waals surface area contributed by atoms with Crippen LogP contribution in [0, 0.1) is 0 Å². The monoisotopic (exact) mass is 403 g/mol. The molecule has 28 heavy (non-hydrogen) atoms. The number of amides is 1. The topological polar surface area (TPSA) is 58.7 Å². The summed E-state index contributed by atoms with van der Waals surface area (Å²) in [5, 5.41) is 0. The lowest BCUT2D eigenvalue weighted by atomic mass is 9.74. The van der Waals surface area contributed by atoms with Gasteiger partial charge in [0, 0.05) is 24.4 Å². The number of nitrogens with zero attached hydrogens (tertiary/aromatic N) is 2. The average molecular weight is 403 g/mol. The third-order valence-electron chi connectivity index (χ3n) is 5.24. The SMILES string of the molecule is CSc1cccc([C@@]2(C)N=C(N)N(C)C(=O)[C@H]2c2ccc(C(C)(F)F)cc2)c1. The van der Waals surface area contributed by atoms with Gasteiger partial charge in [0.05, 0.1) is 5.92 Å². The summed E-state index contributed by atoms with van der Waals surface area (Å²) in [6, 6.07) is 13.7. The second kappa shape index (κ2) is 7.20. The van der Waals surface area contributed by atoms with Crippen LogP contribution in [-0.2, 0) is 16.3 Å². The maximum Gasteiger partial charge on any atom is 0.270 e. The van der Waals surface area contributed by atoms with Crippen molar-refractivity contribution >= 4 is 23.6 Å². The number of benzene rings is 2. The minimum Gasteiger partial charge on any atom is -0.369 e. The molecule has 2 aromatic rings. The molecule has 0 spiro atoms. The number of guanidine groups is 1. The van der Waals surface area contributed by atoms with Crippen molar-refractivity contribution in [3.8, 4) is 0 Å². The van der Waals surface area contributed by atoms with Crippen molar-refractivity contribution in [3.05, 3.63) is 65.2 Å². The summed E-state index contributed by atoms with van der Waals surface area (Å²) in [4.78, 5) is 20.2. The lowest BCUT2D eigenvalue weighted by Crippen LogP contribution is -2.52. The molecule has 148 valence electrons. The maximum absolute atomic E-state index is 13.6. The van der Waals surface area contributed by atoms with E-state index in [1.165, 1.54) is 17.0 Å². The van der Waals surface area contributed by atoms with Crippen molar-refractivity contribution in [1.29, 1.82) is 0 Å². The average Bonchev–Trinajstić information content (AvgIpc) is 2.66. The van der Waals surface area contributed by atoms with Crippen molar-refractivity contribution in [2.75, 3.05) is 13.3 Å². The number of halogens is 2. The number of aliphatic imine (C=N–C) groups is 1. The van der Waals surface area contributed by atoms with Gasteiger partial charge in [-0.25, -0.2) is 13.8 Å². The van der Waals surface area contributed by atoms with E-state index in [9.17, 15) is 13.6 Å². The van der Waals surface area contributed by atoms with Gasteiger partial charge < -0.3 is 5.73 Å². The molecular formula is C21H23F2N3OS. The molecule has 3 rings (SSSR count). The molecular weight excluding hydrogens is 380 g/mol. The van der Waals surface area contributed by atoms with Crippen molar-refractivity contribution in [3.63, 3.8) is 0 Å². The molecule has 0 aromatic heterocycles. The Labute approximate surface area is 167 Å². The number of thioether (sulfide) groups is 1. The molecule has 1 heterocycles. The maximum atomic E-state index is 13.6. The quantitative estimate of drug-likeness (QED) is 0.774. The van der Waals surface area contributed by atoms with Gasteiger partial charge in [-0.2, -0.15) is 0 Å². The highest BCUT2D eigenvalue weighted by Gasteiger charge is 2.47. The van der Waals surface area contributed by atoms with Gasteiger partial charge >= 0.3 is 0 Å². The Morgan fingerprint density at radius 2 is 1.86 bits per heavy atom. The van der Waals surface area contributed by atoms with Crippen molar-refractivity contribution in [2.45, 2.75) is 36.1 Å². The Balaban J connectivity index is 2.16. The second-order valence-corrected chi connectivity index (χ2v) is 8.07. The first-order chi connectivity index (χ1) is 13.1. The van der Waals surface area contributed by atoms with Gasteiger partial charge in [0.2, 0.25) is 5.91 Å². The number of carbonyl (C=O) groups is 1. The smallest absolute Gasteiger partial charge is 0.270 e. The van der Waals surface area contributed by atoms with Crippen LogP contribution < -0.4 is 5.73 Å². The zero-order chi connectivity index (χ0) is 20.7. The molecule has 0 saturated heterocycles. The van der Waals surface area contributed by atoms with Gasteiger partial charge in [-0.3, -0.25) is 9.69 Å². The molecule has 1 aliphatic rings. The highest BCUT2D eigenvalue weighted by Crippen LogP contribution is 2.44. The van der Waals surface area contributed by atoms with Crippen LogP contribution in [0.2, 0.25) is 0 Å². The molecule has 0 unspecified atom stereocenters. The lowest BCUT2D eigenvalue weighted by Gasteiger charge is -2.41. The second-order valence-electron chi connectivity index (χ2n) is 7.19. The fourth-order valence-corrected chi connectivity index (χ4v) is 3.99. The fourth-order valence-electron chi connectivity index (χ4n) is 3.53. The molecule has 1 aliphatic heterocycles. The highest BCUT2D eigenvalue weighted by molar-refractivity contribution is 7.98. The van der Waals surface area contributed by atoms with E-state index in [1.54, 1.807) is 30.9 Å². The molecule has 0 saturated carbocycles. The van der Waals surface area contributed by atoms with Crippen LogP contribution in [0.3, 0.4) is 0 Å². The van der Waals surface area contributed by atoms with Crippen LogP contribution in [0.15, 0.2) is 58.4 Å². The Hall–Kier alpha value is -2.41. The molecule has 0 radical (unpaired) electrons. The van der Waals surface area contributed by atoms with E-state index in [2.05, 4.69) is 4.99 Å². The van der Waals surface area contributed by atoms with Crippen molar-refractivity contribution in [1.82, 2.24) is 4.90 Å². The molecule has 0 fully saturated rings. The first-order valence-corrected chi connectivity index (χ1v) is 10.1. The van der Waals surface area contributed by atoms with Crippen LogP contribution >= 0.6 is 11.8 Å². The summed E-state index contributed by atoms with van der Waals surface area (Å²) in [7, 11) is 1.57. The minimum atomic E-state index is -2.94. The molecule has 2 N–H and O–H groups in total. The summed E-state index contributed by atoms with van der Waals surface area (Å²) in [5.41, 5.74) is 6.45. The molecule has 4 nitrogen and oxygen atoms in total. The largest absolute Gasteiger partial charge is 0.369 e. The summed E-state index contributed by atoms with van der Waals surface area (Å²) >= 11 is 1.59. The van der Waals surface area contributed by atoms with Crippen LogP contribution in [0.25, 0.3) is 0 Å². The van der Waals surface area contributed by atoms with Crippen LogP contribution in [0.4, 0.5) is 8.78 Å². The van der Waals surface area contributed by atoms with E-state index in [0.29, 0.717) is 5.56 Å². The zero-order valence-electron chi connectivity index (χ0n) is 16.2. The molecule has 0 aliphatic carbocycles. The predicted octanol–water partition coefficient (Wildman–Crippen LogP) is 4.31. The molecule has 2 atom stereocenters. The lowest BCUT2D eigenvalue weighted by molar-refractivity contribution is -0.130. The number of hydrogen-bond acceptors (Lipinski definition) is 4. The predicted molar refractivity (Wildman–Crippen MR) is 109 cm³/mol. The van der Waals surface area contributed by atoms with E-state index in [0.717, 1.165) is 17.4 Å². The van der Waals surface area contributed by atoms with Crippen LogP contribution in [-0.4, -0.2) is 30.1 Å². The van der Waals surface area contributed by atoms with Gasteiger partial charge in [0.1, 0.15) is 5.54 Å². The van der Waals surface area contributed by atoms with Gasteiger partial charge in [-0.1, -0.05) is 36.4 Å². The van der Waals surface area contributed by atoms with Crippen molar-refractivity contribution in [2.24, 2.45) is 10.7 Å². The van der Waals surface area contributed by atoms with E-state index in [1.807, 2.05) is 37.4 Å². The van der Waals surface area contributed by atoms with Gasteiger partial charge in [-0.05, 0) is 36.4 Å². The number of carbonyl (C=O) groups excluding carboxylic acids is 1. The number of likely N-dealkylation sites (N-methyl/N-ethyl adjacent to an activating group) is 1. The molecule has 0 bridgehead atoms. The summed E-state index contributed by atoms with van der Waals surface area (Å²) in [6.45, 7) is 2.71. The summed E-state index contributed by atoms with van der Waals surface area (Å²) < 4.78 is 27.2. The Morgan fingerprint density at radius 1 is 1.21 bits per heavy atom. The number of rotatable bonds is 4. The highest BCUT2D eigenvalue weighted by atomic mass is 32.2. The van der Waals surface area contributed by atoms with E-state index in [-0.39, 0.29) is 17.4 Å². The standard InChI is InChI=1S/C21H23F2N3OS/c1-20(15-6-5-7-16(12-15)28-4)17(18(27)26(3)19(24)25-20)13-8-10-14(11-9-13)21(2,22)23/h5-12,17H,1-4H3,(H2,24,25)/t17-,20-/m1/s1. The van der Waals surface area contributed by atoms with E-state index < -0.39 is 17.4 Å². The van der Waals surface area contributed by atoms with E-state index >= 15 is 0 Å². The molecule has 2 aromatic carbocycles. The first-order valence-electron chi connectivity index (χ1n) is 8.83. The Morgan fingerprint density at radius 3 is 2.43 bits per heavy atom. The zero-order valence-corrected chi connectivity index (χ0v) is 17.1.